The van der Waals surface area contributed by atoms with Gasteiger partial charge in [0.1, 0.15) is 11.6 Å². The second-order valence-electron chi connectivity index (χ2n) is 3.71. The Hall–Kier alpha value is -0.990. The first kappa shape index (κ1) is 11.1. The molecular formula is C11H21N3. The molecule has 1 aromatic heterocycles. The maximum absolute atomic E-state index is 6.07. The lowest BCUT2D eigenvalue weighted by Crippen LogP contribution is -2.05. The maximum atomic E-state index is 6.07. The second kappa shape index (κ2) is 4.49. The minimum atomic E-state index is 0.466. The molecule has 0 aliphatic heterocycles. The fraction of sp³-hybridized carbons (Fsp3) is 0.727. The van der Waals surface area contributed by atoms with E-state index in [0.29, 0.717) is 5.92 Å². The van der Waals surface area contributed by atoms with Crippen molar-refractivity contribution in [3.05, 3.63) is 11.5 Å². The first-order valence-electron chi connectivity index (χ1n) is 5.50. The van der Waals surface area contributed by atoms with Crippen LogP contribution in [0.4, 0.5) is 5.82 Å². The number of aryl methyl sites for hydroxylation is 1. The first-order valence-corrected chi connectivity index (χ1v) is 5.50. The van der Waals surface area contributed by atoms with Crippen molar-refractivity contribution in [2.24, 2.45) is 0 Å². The number of imidazole rings is 1. The van der Waals surface area contributed by atoms with Gasteiger partial charge in [-0.15, -0.1) is 0 Å². The van der Waals surface area contributed by atoms with Crippen LogP contribution in [0.3, 0.4) is 0 Å². The predicted molar refractivity (Wildman–Crippen MR) is 60.4 cm³/mol. The van der Waals surface area contributed by atoms with E-state index in [1.54, 1.807) is 0 Å². The highest BCUT2D eigenvalue weighted by atomic mass is 15.1. The normalized spacial score (nSPS) is 13.1. The predicted octanol–water partition coefficient (Wildman–Crippen LogP) is 2.56. The molecule has 0 saturated carbocycles. The van der Waals surface area contributed by atoms with Crippen LogP contribution in [0.25, 0.3) is 0 Å². The highest BCUT2D eigenvalue weighted by molar-refractivity contribution is 5.40. The SMILES string of the molecule is CCc1nc(C(C)CC)c(N)n1CC. The summed E-state index contributed by atoms with van der Waals surface area (Å²) in [7, 11) is 0. The average Bonchev–Trinajstić information content (AvgIpc) is 2.53. The molecule has 0 saturated heterocycles. The summed E-state index contributed by atoms with van der Waals surface area (Å²) in [6.45, 7) is 9.49. The summed E-state index contributed by atoms with van der Waals surface area (Å²) in [6, 6.07) is 0. The van der Waals surface area contributed by atoms with Crippen molar-refractivity contribution < 1.29 is 0 Å². The fourth-order valence-electron chi connectivity index (χ4n) is 1.71. The van der Waals surface area contributed by atoms with E-state index in [0.717, 1.165) is 36.7 Å². The van der Waals surface area contributed by atoms with E-state index in [1.165, 1.54) is 0 Å². The molecule has 1 unspecified atom stereocenters. The number of aromatic nitrogens is 2. The minimum absolute atomic E-state index is 0.466. The van der Waals surface area contributed by atoms with E-state index in [-0.39, 0.29) is 0 Å². The molecule has 0 fully saturated rings. The zero-order valence-electron chi connectivity index (χ0n) is 9.67. The van der Waals surface area contributed by atoms with E-state index in [2.05, 4.69) is 37.2 Å². The summed E-state index contributed by atoms with van der Waals surface area (Å²) in [5.41, 5.74) is 7.14. The molecule has 0 spiro atoms. The molecule has 3 heteroatoms. The van der Waals surface area contributed by atoms with E-state index in [4.69, 9.17) is 5.73 Å². The van der Waals surface area contributed by atoms with Crippen LogP contribution in [0.1, 0.15) is 51.6 Å². The van der Waals surface area contributed by atoms with Gasteiger partial charge in [0, 0.05) is 18.9 Å². The Morgan fingerprint density at radius 2 is 2.00 bits per heavy atom. The quantitative estimate of drug-likeness (QED) is 0.802. The minimum Gasteiger partial charge on any atom is -0.384 e. The van der Waals surface area contributed by atoms with Gasteiger partial charge < -0.3 is 10.3 Å². The third-order valence-electron chi connectivity index (χ3n) is 2.83. The molecule has 0 radical (unpaired) electrons. The second-order valence-corrected chi connectivity index (χ2v) is 3.71. The van der Waals surface area contributed by atoms with Gasteiger partial charge in [-0.1, -0.05) is 20.8 Å². The highest BCUT2D eigenvalue weighted by Gasteiger charge is 2.16. The Kier molecular flexibility index (Phi) is 3.55. The lowest BCUT2D eigenvalue weighted by molar-refractivity contribution is 0.711. The Bertz CT molecular complexity index is 302. The van der Waals surface area contributed by atoms with Crippen molar-refractivity contribution >= 4 is 5.82 Å². The maximum Gasteiger partial charge on any atom is 0.127 e. The van der Waals surface area contributed by atoms with Gasteiger partial charge in [0.25, 0.3) is 0 Å². The van der Waals surface area contributed by atoms with Crippen LogP contribution < -0.4 is 5.73 Å². The first-order chi connectivity index (χ1) is 6.65. The van der Waals surface area contributed by atoms with Crippen molar-refractivity contribution in [3.8, 4) is 0 Å². The van der Waals surface area contributed by atoms with Gasteiger partial charge in [-0.25, -0.2) is 4.98 Å². The molecule has 2 N–H and O–H groups in total. The van der Waals surface area contributed by atoms with Gasteiger partial charge in [0.05, 0.1) is 5.69 Å². The number of hydrogen-bond acceptors (Lipinski definition) is 2. The fourth-order valence-corrected chi connectivity index (χ4v) is 1.71. The molecule has 0 aromatic carbocycles. The molecule has 0 aliphatic rings. The third-order valence-corrected chi connectivity index (χ3v) is 2.83. The van der Waals surface area contributed by atoms with E-state index >= 15 is 0 Å². The number of nitrogen functional groups attached to an aromatic ring is 1. The van der Waals surface area contributed by atoms with Gasteiger partial charge in [-0.2, -0.15) is 0 Å². The molecule has 3 nitrogen and oxygen atoms in total. The van der Waals surface area contributed by atoms with Crippen molar-refractivity contribution in [2.75, 3.05) is 5.73 Å². The number of rotatable bonds is 4. The lowest BCUT2D eigenvalue weighted by atomic mass is 10.1. The van der Waals surface area contributed by atoms with E-state index < -0.39 is 0 Å². The van der Waals surface area contributed by atoms with Crippen LogP contribution in [0.15, 0.2) is 0 Å². The number of anilines is 1. The molecule has 1 aromatic rings. The molecule has 1 heterocycles. The zero-order valence-corrected chi connectivity index (χ0v) is 9.67. The summed E-state index contributed by atoms with van der Waals surface area (Å²) in [5.74, 6) is 2.44. The van der Waals surface area contributed by atoms with Crippen molar-refractivity contribution in [3.63, 3.8) is 0 Å². The molecule has 0 amide bonds. The number of hydrogen-bond donors (Lipinski definition) is 1. The van der Waals surface area contributed by atoms with E-state index in [1.807, 2.05) is 0 Å². The Balaban J connectivity index is 3.13. The summed E-state index contributed by atoms with van der Waals surface area (Å²) in [5, 5.41) is 0. The molecule has 0 aliphatic carbocycles. The standard InChI is InChI=1S/C11H21N3/c1-5-8(4)10-11(12)14(7-3)9(6-2)13-10/h8H,5-7,12H2,1-4H3. The van der Waals surface area contributed by atoms with Crippen LogP contribution in [-0.4, -0.2) is 9.55 Å². The van der Waals surface area contributed by atoms with Crippen LogP contribution >= 0.6 is 0 Å². The van der Waals surface area contributed by atoms with Gasteiger partial charge in [0.15, 0.2) is 0 Å². The smallest absolute Gasteiger partial charge is 0.127 e. The van der Waals surface area contributed by atoms with Gasteiger partial charge in [-0.05, 0) is 13.3 Å². The lowest BCUT2D eigenvalue weighted by Gasteiger charge is -2.07. The van der Waals surface area contributed by atoms with E-state index in [9.17, 15) is 0 Å². The largest absolute Gasteiger partial charge is 0.384 e. The van der Waals surface area contributed by atoms with Crippen molar-refractivity contribution in [1.82, 2.24) is 9.55 Å². The van der Waals surface area contributed by atoms with Crippen LogP contribution in [0, 0.1) is 0 Å². The molecule has 1 atom stereocenters. The Morgan fingerprint density at radius 3 is 2.36 bits per heavy atom. The molecule has 14 heavy (non-hydrogen) atoms. The van der Waals surface area contributed by atoms with Crippen molar-refractivity contribution in [2.45, 2.75) is 53.0 Å². The third kappa shape index (κ3) is 1.76. The number of nitrogens with two attached hydrogens (primary N) is 1. The molecular weight excluding hydrogens is 174 g/mol. The monoisotopic (exact) mass is 195 g/mol. The van der Waals surface area contributed by atoms with Crippen LogP contribution in [0.5, 0.6) is 0 Å². The average molecular weight is 195 g/mol. The van der Waals surface area contributed by atoms with Crippen molar-refractivity contribution in [1.29, 1.82) is 0 Å². The summed E-state index contributed by atoms with van der Waals surface area (Å²) < 4.78 is 2.11. The Labute approximate surface area is 86.3 Å². The summed E-state index contributed by atoms with van der Waals surface area (Å²) >= 11 is 0. The van der Waals surface area contributed by atoms with Crippen LogP contribution in [0.2, 0.25) is 0 Å². The topological polar surface area (TPSA) is 43.8 Å². The van der Waals surface area contributed by atoms with Gasteiger partial charge in [-0.3, -0.25) is 0 Å². The summed E-state index contributed by atoms with van der Waals surface area (Å²) in [4.78, 5) is 4.61. The Morgan fingerprint density at radius 1 is 1.36 bits per heavy atom. The van der Waals surface area contributed by atoms with Gasteiger partial charge >= 0.3 is 0 Å². The molecule has 1 rings (SSSR count). The zero-order chi connectivity index (χ0) is 10.7. The summed E-state index contributed by atoms with van der Waals surface area (Å²) in [6.07, 6.45) is 2.04. The van der Waals surface area contributed by atoms with Gasteiger partial charge in [0.2, 0.25) is 0 Å². The molecule has 80 valence electrons. The molecule has 0 bridgehead atoms. The number of nitrogens with zero attached hydrogens (tertiary/aromatic N) is 2. The van der Waals surface area contributed by atoms with Crippen LogP contribution in [-0.2, 0) is 13.0 Å². The highest BCUT2D eigenvalue weighted by Crippen LogP contribution is 2.25.